The Bertz CT molecular complexity index is 692. The normalized spacial score (nSPS) is 20.9. The number of carbonyl (C=O) groups is 4. The van der Waals surface area contributed by atoms with Crippen LogP contribution in [-0.4, -0.2) is 73.8 Å². The number of carboxylic acid groups (broad SMARTS) is 1. The van der Waals surface area contributed by atoms with Gasteiger partial charge in [0, 0.05) is 18.8 Å². The summed E-state index contributed by atoms with van der Waals surface area (Å²) in [6, 6.07) is 5.95. The number of urea groups is 1. The standard InChI is InChI=1S/C16H19N3O5.CH2O2/c1-23-15(21)10-2-4-12(5-3-10)18-16(22)19-6-11-8-24-9-13(7-19)17-14(11)20;2-1-3/h2-5,11,13H,6-9H2,1H3,(H,17,20)(H,18,22);1H,(H,2,3)/t11-,13+;/m1./s1. The van der Waals surface area contributed by atoms with Crippen molar-refractivity contribution >= 4 is 30.1 Å². The molecule has 2 fully saturated rings. The molecule has 2 saturated heterocycles. The van der Waals surface area contributed by atoms with Gasteiger partial charge in [-0.05, 0) is 24.3 Å². The fraction of sp³-hybridized carbons (Fsp3) is 0.412. The molecule has 2 heterocycles. The molecule has 146 valence electrons. The van der Waals surface area contributed by atoms with E-state index >= 15 is 0 Å². The van der Waals surface area contributed by atoms with Gasteiger partial charge in [0.2, 0.25) is 5.91 Å². The Balaban J connectivity index is 0.000000817. The monoisotopic (exact) mass is 379 g/mol. The molecule has 10 nitrogen and oxygen atoms in total. The van der Waals surface area contributed by atoms with Gasteiger partial charge < -0.3 is 30.1 Å². The fourth-order valence-electron chi connectivity index (χ4n) is 2.81. The summed E-state index contributed by atoms with van der Waals surface area (Å²) in [4.78, 5) is 45.8. The molecule has 0 aliphatic carbocycles. The first-order valence-corrected chi connectivity index (χ1v) is 8.18. The van der Waals surface area contributed by atoms with Gasteiger partial charge in [0.25, 0.3) is 6.47 Å². The van der Waals surface area contributed by atoms with E-state index in [1.165, 1.54) is 7.11 Å². The fourth-order valence-corrected chi connectivity index (χ4v) is 2.81. The number of amides is 3. The van der Waals surface area contributed by atoms with Crippen molar-refractivity contribution < 1.29 is 33.8 Å². The van der Waals surface area contributed by atoms with Gasteiger partial charge >= 0.3 is 12.0 Å². The summed E-state index contributed by atoms with van der Waals surface area (Å²) >= 11 is 0. The van der Waals surface area contributed by atoms with Gasteiger partial charge in [0.05, 0.1) is 37.8 Å². The Kier molecular flexibility index (Phi) is 7.12. The van der Waals surface area contributed by atoms with Crippen molar-refractivity contribution in [3.8, 4) is 0 Å². The van der Waals surface area contributed by atoms with Crippen LogP contribution in [0.25, 0.3) is 0 Å². The quantitative estimate of drug-likeness (QED) is 0.492. The number of carbonyl (C=O) groups excluding carboxylic acids is 3. The van der Waals surface area contributed by atoms with Crippen LogP contribution in [0.1, 0.15) is 10.4 Å². The summed E-state index contributed by atoms with van der Waals surface area (Å²) in [6.07, 6.45) is 0. The Hall–Kier alpha value is -3.14. The Morgan fingerprint density at radius 2 is 1.96 bits per heavy atom. The lowest BCUT2D eigenvalue weighted by Crippen LogP contribution is -2.46. The third kappa shape index (κ3) is 5.42. The molecule has 2 aliphatic rings. The average Bonchev–Trinajstić information content (AvgIpc) is 2.91. The van der Waals surface area contributed by atoms with Crippen LogP contribution in [0.2, 0.25) is 0 Å². The number of hydrogen-bond acceptors (Lipinski definition) is 6. The van der Waals surface area contributed by atoms with Gasteiger partial charge in [-0.25, -0.2) is 9.59 Å². The second-order valence-electron chi connectivity index (χ2n) is 5.95. The molecule has 2 bridgehead atoms. The van der Waals surface area contributed by atoms with E-state index in [0.717, 1.165) is 0 Å². The van der Waals surface area contributed by atoms with Crippen LogP contribution in [0.15, 0.2) is 24.3 Å². The van der Waals surface area contributed by atoms with Gasteiger partial charge in [0.15, 0.2) is 0 Å². The molecule has 27 heavy (non-hydrogen) atoms. The summed E-state index contributed by atoms with van der Waals surface area (Å²) in [7, 11) is 1.31. The van der Waals surface area contributed by atoms with E-state index in [-0.39, 0.29) is 30.4 Å². The van der Waals surface area contributed by atoms with Crippen molar-refractivity contribution in [1.82, 2.24) is 10.2 Å². The molecule has 0 saturated carbocycles. The van der Waals surface area contributed by atoms with Crippen LogP contribution < -0.4 is 10.6 Å². The van der Waals surface area contributed by atoms with Gasteiger partial charge in [-0.2, -0.15) is 0 Å². The zero-order valence-corrected chi connectivity index (χ0v) is 14.7. The molecule has 0 spiro atoms. The van der Waals surface area contributed by atoms with Crippen LogP contribution >= 0.6 is 0 Å². The van der Waals surface area contributed by atoms with E-state index in [9.17, 15) is 14.4 Å². The molecule has 2 atom stereocenters. The Morgan fingerprint density at radius 3 is 2.59 bits per heavy atom. The first-order valence-electron chi connectivity index (χ1n) is 8.18. The van der Waals surface area contributed by atoms with Crippen molar-refractivity contribution in [2.24, 2.45) is 5.92 Å². The number of rotatable bonds is 2. The molecule has 0 unspecified atom stereocenters. The van der Waals surface area contributed by atoms with E-state index in [0.29, 0.717) is 37.6 Å². The highest BCUT2D eigenvalue weighted by atomic mass is 16.5. The number of anilines is 1. The van der Waals surface area contributed by atoms with Crippen LogP contribution in [-0.2, 0) is 19.1 Å². The highest BCUT2D eigenvalue weighted by Crippen LogP contribution is 2.16. The number of benzene rings is 1. The first kappa shape index (κ1) is 20.2. The first-order chi connectivity index (χ1) is 13.0. The van der Waals surface area contributed by atoms with E-state index in [2.05, 4.69) is 15.4 Å². The molecule has 3 amide bonds. The van der Waals surface area contributed by atoms with E-state index < -0.39 is 5.97 Å². The highest BCUT2D eigenvalue weighted by Gasteiger charge is 2.35. The van der Waals surface area contributed by atoms with Crippen LogP contribution in [0, 0.1) is 5.92 Å². The number of fused-ring (bicyclic) bond motifs is 3. The van der Waals surface area contributed by atoms with Crippen LogP contribution in [0.3, 0.4) is 0 Å². The zero-order valence-electron chi connectivity index (χ0n) is 14.7. The maximum Gasteiger partial charge on any atom is 0.337 e. The van der Waals surface area contributed by atoms with Crippen LogP contribution in [0.4, 0.5) is 10.5 Å². The lowest BCUT2D eigenvalue weighted by atomic mass is 10.1. The predicted octanol–water partition coefficient (Wildman–Crippen LogP) is 0.153. The van der Waals surface area contributed by atoms with Crippen LogP contribution in [0.5, 0.6) is 0 Å². The molecule has 3 rings (SSSR count). The van der Waals surface area contributed by atoms with Crippen molar-refractivity contribution in [2.75, 3.05) is 38.7 Å². The summed E-state index contributed by atoms with van der Waals surface area (Å²) in [5.74, 6) is -0.863. The topological polar surface area (TPSA) is 134 Å². The molecule has 1 aromatic rings. The lowest BCUT2D eigenvalue weighted by molar-refractivity contribution is -0.125. The van der Waals surface area contributed by atoms with E-state index in [4.69, 9.17) is 14.6 Å². The van der Waals surface area contributed by atoms with Crippen molar-refractivity contribution in [1.29, 1.82) is 0 Å². The SMILES string of the molecule is COC(=O)c1ccc(NC(=O)N2C[C@H]3COC[C@@H](C2)C(=O)N3)cc1.O=CO. The molecule has 10 heteroatoms. The van der Waals surface area contributed by atoms with Gasteiger partial charge in [0.1, 0.15) is 0 Å². The lowest BCUT2D eigenvalue weighted by Gasteiger charge is -2.27. The van der Waals surface area contributed by atoms with E-state index in [1.54, 1.807) is 29.2 Å². The maximum atomic E-state index is 12.5. The van der Waals surface area contributed by atoms with Crippen molar-refractivity contribution in [3.05, 3.63) is 29.8 Å². The number of esters is 1. The number of nitrogens with one attached hydrogen (secondary N) is 2. The second-order valence-corrected chi connectivity index (χ2v) is 5.95. The number of nitrogens with zero attached hydrogens (tertiary/aromatic N) is 1. The molecule has 2 aliphatic heterocycles. The minimum Gasteiger partial charge on any atom is -0.483 e. The molecule has 0 radical (unpaired) electrons. The largest absolute Gasteiger partial charge is 0.483 e. The molecule has 0 aromatic heterocycles. The smallest absolute Gasteiger partial charge is 0.337 e. The Labute approximate surface area is 155 Å². The maximum absolute atomic E-state index is 12.5. The molecule has 1 aromatic carbocycles. The van der Waals surface area contributed by atoms with Gasteiger partial charge in [-0.15, -0.1) is 0 Å². The zero-order chi connectivity index (χ0) is 19.8. The summed E-state index contributed by atoms with van der Waals surface area (Å²) in [6.45, 7) is 1.18. The minimum absolute atomic E-state index is 0.0739. The summed E-state index contributed by atoms with van der Waals surface area (Å²) in [5, 5.41) is 12.6. The van der Waals surface area contributed by atoms with Gasteiger partial charge in [-0.3, -0.25) is 9.59 Å². The number of ether oxygens (including phenoxy) is 2. The Morgan fingerprint density at radius 1 is 1.30 bits per heavy atom. The molecular formula is C17H21N3O7. The van der Waals surface area contributed by atoms with Crippen molar-refractivity contribution in [2.45, 2.75) is 6.04 Å². The molecular weight excluding hydrogens is 358 g/mol. The van der Waals surface area contributed by atoms with Gasteiger partial charge in [-0.1, -0.05) is 0 Å². The summed E-state index contributed by atoms with van der Waals surface area (Å²) in [5.41, 5.74) is 0.976. The minimum atomic E-state index is -0.433. The van der Waals surface area contributed by atoms with Crippen molar-refractivity contribution in [3.63, 3.8) is 0 Å². The number of hydrogen-bond donors (Lipinski definition) is 3. The third-order valence-corrected chi connectivity index (χ3v) is 4.08. The average molecular weight is 379 g/mol. The van der Waals surface area contributed by atoms with E-state index in [1.807, 2.05) is 0 Å². The number of methoxy groups -OCH3 is 1. The molecule has 3 N–H and O–H groups in total. The predicted molar refractivity (Wildman–Crippen MR) is 93.3 cm³/mol. The highest BCUT2D eigenvalue weighted by molar-refractivity contribution is 5.92. The second kappa shape index (κ2) is 9.53. The third-order valence-electron chi connectivity index (χ3n) is 4.08. The summed E-state index contributed by atoms with van der Waals surface area (Å²) < 4.78 is 10.1.